The van der Waals surface area contributed by atoms with Crippen LogP contribution in [0.5, 0.6) is 0 Å². The SMILES string of the molecule is NOC(=O)C(Cl)(Cl)ON.[Pt]. The van der Waals surface area contributed by atoms with Crippen molar-refractivity contribution in [1.82, 2.24) is 0 Å². The van der Waals surface area contributed by atoms with Crippen LogP contribution >= 0.6 is 23.2 Å². The minimum Gasteiger partial charge on any atom is -0.369 e. The fourth-order valence-electron chi connectivity index (χ4n) is 0.117. The van der Waals surface area contributed by atoms with Gasteiger partial charge in [-0.25, -0.2) is 10.7 Å². The van der Waals surface area contributed by atoms with Gasteiger partial charge in [-0.2, -0.15) is 5.90 Å². The first-order valence-electron chi connectivity index (χ1n) is 1.71. The summed E-state index contributed by atoms with van der Waals surface area (Å²) < 4.78 is -2.21. The van der Waals surface area contributed by atoms with Gasteiger partial charge in [-0.05, 0) is 0 Å². The van der Waals surface area contributed by atoms with Gasteiger partial charge in [-0.3, -0.25) is 4.84 Å². The Morgan fingerprint density at radius 3 is 1.90 bits per heavy atom. The maximum Gasteiger partial charge on any atom is 0.391 e. The predicted molar refractivity (Wildman–Crippen MR) is 30.0 cm³/mol. The van der Waals surface area contributed by atoms with Gasteiger partial charge in [0.15, 0.2) is 0 Å². The summed E-state index contributed by atoms with van der Waals surface area (Å²) in [6.07, 6.45) is 0. The topological polar surface area (TPSA) is 87.6 Å². The van der Waals surface area contributed by atoms with E-state index in [1.54, 1.807) is 0 Å². The molecule has 0 unspecified atom stereocenters. The fraction of sp³-hybridized carbons (Fsp3) is 0.500. The standard InChI is InChI=1S/C2H4Cl2N2O3.Pt/c3-2(4,9-6)1(7)8-5;/h5-6H2;. The Labute approximate surface area is 81.1 Å². The van der Waals surface area contributed by atoms with Crippen LogP contribution in [0.15, 0.2) is 0 Å². The van der Waals surface area contributed by atoms with Crippen molar-refractivity contribution in [2.24, 2.45) is 11.8 Å². The smallest absolute Gasteiger partial charge is 0.369 e. The fourth-order valence-corrected chi connectivity index (χ4v) is 0.206. The number of rotatable bonds is 2. The van der Waals surface area contributed by atoms with Gasteiger partial charge in [0.1, 0.15) is 0 Å². The van der Waals surface area contributed by atoms with Gasteiger partial charge in [0.2, 0.25) is 0 Å². The molecule has 0 aromatic rings. The van der Waals surface area contributed by atoms with E-state index in [4.69, 9.17) is 23.2 Å². The molecule has 0 bridgehead atoms. The third kappa shape index (κ3) is 3.71. The van der Waals surface area contributed by atoms with E-state index in [0.29, 0.717) is 0 Å². The molecular weight excluding hydrogens is 366 g/mol. The molecule has 0 amide bonds. The third-order valence-electron chi connectivity index (χ3n) is 0.493. The zero-order valence-corrected chi connectivity index (χ0v) is 8.24. The van der Waals surface area contributed by atoms with E-state index < -0.39 is 10.5 Å². The maximum atomic E-state index is 10.2. The molecule has 64 valence electrons. The second kappa shape index (κ2) is 5.29. The van der Waals surface area contributed by atoms with Crippen LogP contribution in [0, 0.1) is 0 Å². The molecule has 5 nitrogen and oxygen atoms in total. The first-order chi connectivity index (χ1) is 4.04. The summed E-state index contributed by atoms with van der Waals surface area (Å²) in [6, 6.07) is 0. The van der Waals surface area contributed by atoms with Crippen molar-refractivity contribution < 1.29 is 35.5 Å². The number of hydrogen-bond acceptors (Lipinski definition) is 5. The Balaban J connectivity index is 0. The molecule has 4 N–H and O–H groups in total. The van der Waals surface area contributed by atoms with E-state index >= 15 is 0 Å². The first-order valence-corrected chi connectivity index (χ1v) is 2.47. The molecule has 0 saturated carbocycles. The van der Waals surface area contributed by atoms with Gasteiger partial charge >= 0.3 is 10.5 Å². The Kier molecular flexibility index (Phi) is 7.00. The molecular formula is C2H4Cl2N2O3Pt. The van der Waals surface area contributed by atoms with E-state index in [-0.39, 0.29) is 21.1 Å². The molecule has 0 aromatic carbocycles. The summed E-state index contributed by atoms with van der Waals surface area (Å²) in [4.78, 5) is 17.6. The number of nitrogens with two attached hydrogens (primary N) is 2. The monoisotopic (exact) mass is 369 g/mol. The van der Waals surface area contributed by atoms with Crippen LogP contribution in [0.4, 0.5) is 0 Å². The summed E-state index contributed by atoms with van der Waals surface area (Å²) in [5, 5.41) is 0. The van der Waals surface area contributed by atoms with E-state index in [1.807, 2.05) is 0 Å². The van der Waals surface area contributed by atoms with Crippen molar-refractivity contribution in [1.29, 1.82) is 0 Å². The van der Waals surface area contributed by atoms with Gasteiger partial charge in [-0.15, -0.1) is 0 Å². The molecule has 0 heterocycles. The number of hydrogen-bond donors (Lipinski definition) is 2. The van der Waals surface area contributed by atoms with Crippen molar-refractivity contribution in [2.75, 3.05) is 0 Å². The van der Waals surface area contributed by atoms with Crippen molar-refractivity contribution in [3.63, 3.8) is 0 Å². The zero-order chi connectivity index (χ0) is 7.49. The maximum absolute atomic E-state index is 10.2. The van der Waals surface area contributed by atoms with Crippen LogP contribution in [-0.4, -0.2) is 10.5 Å². The quantitative estimate of drug-likeness (QED) is 0.502. The molecule has 0 aromatic heterocycles. The Hall–Kier alpha value is 0.618. The average Bonchev–Trinajstić information content (AvgIpc) is 1.86. The minimum absolute atomic E-state index is 0. The number of alkyl halides is 2. The molecule has 0 rings (SSSR count). The Morgan fingerprint density at radius 2 is 1.80 bits per heavy atom. The van der Waals surface area contributed by atoms with E-state index in [0.717, 1.165) is 0 Å². The summed E-state index contributed by atoms with van der Waals surface area (Å²) in [7, 11) is 0. The van der Waals surface area contributed by atoms with Crippen LogP contribution in [0.25, 0.3) is 0 Å². The molecule has 0 spiro atoms. The second-order valence-corrected chi connectivity index (χ2v) is 2.30. The third-order valence-corrected chi connectivity index (χ3v) is 0.979. The van der Waals surface area contributed by atoms with Gasteiger partial charge in [0.05, 0.1) is 0 Å². The molecule has 0 radical (unpaired) electrons. The molecule has 0 aliphatic rings. The molecule has 0 fully saturated rings. The van der Waals surface area contributed by atoms with Crippen molar-refractivity contribution in [3.05, 3.63) is 0 Å². The van der Waals surface area contributed by atoms with Crippen LogP contribution in [0.2, 0.25) is 0 Å². The van der Waals surface area contributed by atoms with Crippen molar-refractivity contribution in [2.45, 2.75) is 4.52 Å². The van der Waals surface area contributed by atoms with Crippen LogP contribution in [0.3, 0.4) is 0 Å². The Bertz CT molecular complexity index is 121. The first kappa shape index (κ1) is 13.2. The van der Waals surface area contributed by atoms with Crippen LogP contribution in [-0.2, 0) is 35.5 Å². The summed E-state index contributed by atoms with van der Waals surface area (Å²) in [5.41, 5.74) is 0. The van der Waals surface area contributed by atoms with Crippen molar-refractivity contribution in [3.8, 4) is 0 Å². The Morgan fingerprint density at radius 1 is 1.40 bits per heavy atom. The van der Waals surface area contributed by atoms with E-state index in [1.165, 1.54) is 0 Å². The summed E-state index contributed by atoms with van der Waals surface area (Å²) in [5.74, 6) is 7.67. The largest absolute Gasteiger partial charge is 0.391 e. The predicted octanol–water partition coefficient (Wildman–Crippen LogP) is -0.578. The molecule has 0 aliphatic carbocycles. The normalized spacial score (nSPS) is 10.0. The molecule has 0 saturated heterocycles. The number of carbonyl (C=O) groups excluding carboxylic acids is 1. The summed E-state index contributed by atoms with van der Waals surface area (Å²) in [6.45, 7) is 0. The van der Waals surface area contributed by atoms with E-state index in [2.05, 4.69) is 21.5 Å². The molecule has 8 heteroatoms. The molecule has 10 heavy (non-hydrogen) atoms. The second-order valence-electron chi connectivity index (χ2n) is 1.04. The zero-order valence-electron chi connectivity index (χ0n) is 4.45. The minimum atomic E-state index is -2.21. The molecule has 0 atom stereocenters. The van der Waals surface area contributed by atoms with Gasteiger partial charge < -0.3 is 4.84 Å². The van der Waals surface area contributed by atoms with Crippen molar-refractivity contribution >= 4 is 29.2 Å². The van der Waals surface area contributed by atoms with Crippen LogP contribution in [0.1, 0.15) is 0 Å². The summed E-state index contributed by atoms with van der Waals surface area (Å²) >= 11 is 10.1. The van der Waals surface area contributed by atoms with Gasteiger partial charge in [-0.1, -0.05) is 23.2 Å². The molecule has 0 aliphatic heterocycles. The van der Waals surface area contributed by atoms with Gasteiger partial charge in [0.25, 0.3) is 0 Å². The van der Waals surface area contributed by atoms with Crippen LogP contribution < -0.4 is 11.8 Å². The average molecular weight is 370 g/mol. The van der Waals surface area contributed by atoms with Gasteiger partial charge in [0, 0.05) is 21.1 Å². The number of carbonyl (C=O) groups is 1. The van der Waals surface area contributed by atoms with E-state index in [9.17, 15) is 4.79 Å². The number of halogens is 2.